The molecule has 0 saturated carbocycles. The molecule has 0 aromatic rings. The van der Waals surface area contributed by atoms with Crippen molar-refractivity contribution in [2.75, 3.05) is 0 Å². The standard InChI is InChI=1S/C14H22O4S/c1-7-13(8-2,9-3)17-19(15,16)18-14(10-4,11-5)12-6/h1,4H,8-9,11-12H2,2-3,5-6H3. The lowest BCUT2D eigenvalue weighted by Gasteiger charge is -2.29. The molecule has 0 rings (SSSR count). The van der Waals surface area contributed by atoms with Gasteiger partial charge in [-0.05, 0) is 25.7 Å². The molecular weight excluding hydrogens is 264 g/mol. The fraction of sp³-hybridized carbons (Fsp3) is 0.714. The zero-order valence-corrected chi connectivity index (χ0v) is 12.8. The van der Waals surface area contributed by atoms with Gasteiger partial charge in [0.2, 0.25) is 0 Å². The summed E-state index contributed by atoms with van der Waals surface area (Å²) in [5.74, 6) is 4.76. The molecule has 4 nitrogen and oxygen atoms in total. The van der Waals surface area contributed by atoms with E-state index in [-0.39, 0.29) is 0 Å². The van der Waals surface area contributed by atoms with Crippen molar-refractivity contribution < 1.29 is 16.8 Å². The molecule has 0 radical (unpaired) electrons. The van der Waals surface area contributed by atoms with Crippen LogP contribution in [0.3, 0.4) is 0 Å². The van der Waals surface area contributed by atoms with Crippen LogP contribution in [-0.4, -0.2) is 19.6 Å². The summed E-state index contributed by atoms with van der Waals surface area (Å²) in [7, 11) is -4.25. The zero-order chi connectivity index (χ0) is 15.2. The molecule has 0 aliphatic carbocycles. The fourth-order valence-corrected chi connectivity index (χ4v) is 2.98. The van der Waals surface area contributed by atoms with Crippen LogP contribution >= 0.6 is 0 Å². The average molecular weight is 286 g/mol. The van der Waals surface area contributed by atoms with Crippen molar-refractivity contribution >= 4 is 10.4 Å². The molecule has 0 fully saturated rings. The van der Waals surface area contributed by atoms with Crippen molar-refractivity contribution in [1.29, 1.82) is 0 Å². The first kappa shape index (κ1) is 18.0. The van der Waals surface area contributed by atoms with Crippen LogP contribution in [0, 0.1) is 24.7 Å². The van der Waals surface area contributed by atoms with Gasteiger partial charge in [-0.1, -0.05) is 39.5 Å². The Balaban J connectivity index is 5.23. The minimum atomic E-state index is -4.25. The normalized spacial score (nSPS) is 12.7. The Labute approximate surface area is 117 Å². The molecule has 0 aliphatic rings. The molecule has 0 saturated heterocycles. The second kappa shape index (κ2) is 6.96. The largest absolute Gasteiger partial charge is 0.402 e. The van der Waals surface area contributed by atoms with E-state index < -0.39 is 21.6 Å². The third-order valence-corrected chi connectivity index (χ3v) is 4.38. The Hall–Kier alpha value is -1.01. The van der Waals surface area contributed by atoms with E-state index in [4.69, 9.17) is 21.2 Å². The molecule has 0 aromatic carbocycles. The number of terminal acetylenes is 2. The topological polar surface area (TPSA) is 52.6 Å². The lowest BCUT2D eigenvalue weighted by Crippen LogP contribution is -2.38. The average Bonchev–Trinajstić information content (AvgIpc) is 2.42. The van der Waals surface area contributed by atoms with Crippen molar-refractivity contribution in [2.45, 2.75) is 64.6 Å². The highest BCUT2D eigenvalue weighted by Gasteiger charge is 2.37. The molecular formula is C14H22O4S. The van der Waals surface area contributed by atoms with Gasteiger partial charge in [-0.3, -0.25) is 0 Å². The number of hydrogen-bond donors (Lipinski definition) is 0. The van der Waals surface area contributed by atoms with E-state index in [9.17, 15) is 8.42 Å². The van der Waals surface area contributed by atoms with Gasteiger partial charge in [0.05, 0.1) is 0 Å². The molecule has 0 aliphatic heterocycles. The van der Waals surface area contributed by atoms with Crippen molar-refractivity contribution in [3.63, 3.8) is 0 Å². The molecule has 5 heteroatoms. The predicted octanol–water partition coefficient (Wildman–Crippen LogP) is 2.65. The van der Waals surface area contributed by atoms with Crippen LogP contribution in [0.4, 0.5) is 0 Å². The first-order chi connectivity index (χ1) is 8.78. The highest BCUT2D eigenvalue weighted by molar-refractivity contribution is 7.82. The van der Waals surface area contributed by atoms with E-state index in [2.05, 4.69) is 11.8 Å². The van der Waals surface area contributed by atoms with Crippen LogP contribution < -0.4 is 0 Å². The molecule has 0 bridgehead atoms. The van der Waals surface area contributed by atoms with E-state index in [1.54, 1.807) is 27.7 Å². The Morgan fingerprint density at radius 3 is 1.26 bits per heavy atom. The van der Waals surface area contributed by atoms with Crippen LogP contribution in [0.25, 0.3) is 0 Å². The van der Waals surface area contributed by atoms with Gasteiger partial charge in [0.1, 0.15) is 11.2 Å². The Bertz CT molecular complexity index is 419. The summed E-state index contributed by atoms with van der Waals surface area (Å²) in [6.45, 7) is 7.03. The van der Waals surface area contributed by atoms with Crippen LogP contribution in [0.2, 0.25) is 0 Å². The van der Waals surface area contributed by atoms with Gasteiger partial charge < -0.3 is 0 Å². The molecule has 108 valence electrons. The molecule has 0 atom stereocenters. The quantitative estimate of drug-likeness (QED) is 0.644. The van der Waals surface area contributed by atoms with Gasteiger partial charge in [-0.15, -0.1) is 12.8 Å². The summed E-state index contributed by atoms with van der Waals surface area (Å²) in [5.41, 5.74) is -2.36. The molecule has 0 spiro atoms. The lowest BCUT2D eigenvalue weighted by atomic mass is 9.99. The number of rotatable bonds is 8. The Kier molecular flexibility index (Phi) is 6.59. The lowest BCUT2D eigenvalue weighted by molar-refractivity contribution is 0.0531. The molecule has 0 amide bonds. The first-order valence-electron chi connectivity index (χ1n) is 6.39. The zero-order valence-electron chi connectivity index (χ0n) is 12.0. The fourth-order valence-electron chi connectivity index (χ4n) is 1.60. The van der Waals surface area contributed by atoms with Crippen LogP contribution in [-0.2, 0) is 18.8 Å². The highest BCUT2D eigenvalue weighted by atomic mass is 32.3. The van der Waals surface area contributed by atoms with E-state index in [1.807, 2.05) is 0 Å². The minimum Gasteiger partial charge on any atom is -0.228 e. The Morgan fingerprint density at radius 2 is 1.11 bits per heavy atom. The van der Waals surface area contributed by atoms with Gasteiger partial charge in [0.15, 0.2) is 0 Å². The molecule has 19 heavy (non-hydrogen) atoms. The molecule has 0 unspecified atom stereocenters. The summed E-state index contributed by atoms with van der Waals surface area (Å²) >= 11 is 0. The highest BCUT2D eigenvalue weighted by Crippen LogP contribution is 2.28. The summed E-state index contributed by atoms with van der Waals surface area (Å²) in [6.07, 6.45) is 12.2. The van der Waals surface area contributed by atoms with Gasteiger partial charge in [0.25, 0.3) is 0 Å². The maximum Gasteiger partial charge on any atom is 0.402 e. The molecule has 0 heterocycles. The van der Waals surface area contributed by atoms with E-state index >= 15 is 0 Å². The first-order valence-corrected chi connectivity index (χ1v) is 7.73. The van der Waals surface area contributed by atoms with Crippen LogP contribution in [0.15, 0.2) is 0 Å². The maximum absolute atomic E-state index is 12.0. The van der Waals surface area contributed by atoms with Crippen molar-refractivity contribution in [2.24, 2.45) is 0 Å². The molecule has 0 N–H and O–H groups in total. The van der Waals surface area contributed by atoms with Crippen molar-refractivity contribution in [3.8, 4) is 24.7 Å². The van der Waals surface area contributed by atoms with Crippen molar-refractivity contribution in [3.05, 3.63) is 0 Å². The molecule has 0 aromatic heterocycles. The summed E-state index contributed by atoms with van der Waals surface area (Å²) < 4.78 is 34.1. The summed E-state index contributed by atoms with van der Waals surface area (Å²) in [6, 6.07) is 0. The van der Waals surface area contributed by atoms with Gasteiger partial charge in [-0.2, -0.15) is 8.42 Å². The monoisotopic (exact) mass is 286 g/mol. The minimum absolute atomic E-state index is 0.365. The predicted molar refractivity (Wildman–Crippen MR) is 75.4 cm³/mol. The summed E-state index contributed by atoms with van der Waals surface area (Å²) in [4.78, 5) is 0. The summed E-state index contributed by atoms with van der Waals surface area (Å²) in [5, 5.41) is 0. The third-order valence-electron chi connectivity index (χ3n) is 3.33. The van der Waals surface area contributed by atoms with Crippen LogP contribution in [0.1, 0.15) is 53.4 Å². The van der Waals surface area contributed by atoms with Crippen LogP contribution in [0.5, 0.6) is 0 Å². The third kappa shape index (κ3) is 4.54. The van der Waals surface area contributed by atoms with E-state index in [1.165, 1.54) is 0 Å². The SMILES string of the molecule is C#CC(CC)(CC)OS(=O)(=O)OC(C#C)(CC)CC. The van der Waals surface area contributed by atoms with E-state index in [0.717, 1.165) is 0 Å². The van der Waals surface area contributed by atoms with Gasteiger partial charge in [0, 0.05) is 0 Å². The Morgan fingerprint density at radius 1 is 0.842 bits per heavy atom. The van der Waals surface area contributed by atoms with Gasteiger partial charge in [-0.25, -0.2) is 8.37 Å². The second-order valence-corrected chi connectivity index (χ2v) is 5.42. The number of hydrogen-bond acceptors (Lipinski definition) is 4. The maximum atomic E-state index is 12.0. The van der Waals surface area contributed by atoms with E-state index in [0.29, 0.717) is 25.7 Å². The smallest absolute Gasteiger partial charge is 0.228 e. The second-order valence-electron chi connectivity index (χ2n) is 4.27. The van der Waals surface area contributed by atoms with Crippen molar-refractivity contribution in [1.82, 2.24) is 0 Å². The van der Waals surface area contributed by atoms with Gasteiger partial charge >= 0.3 is 10.4 Å².